The van der Waals surface area contributed by atoms with Crippen molar-refractivity contribution >= 4 is 11.8 Å². The van der Waals surface area contributed by atoms with Gasteiger partial charge in [-0.2, -0.15) is 5.26 Å². The van der Waals surface area contributed by atoms with Crippen LogP contribution in [0.25, 0.3) is 0 Å². The van der Waals surface area contributed by atoms with Gasteiger partial charge in [-0.25, -0.2) is 0 Å². The van der Waals surface area contributed by atoms with Crippen LogP contribution >= 0.6 is 11.8 Å². The quantitative estimate of drug-likeness (QED) is 0.754. The van der Waals surface area contributed by atoms with Gasteiger partial charge in [-0.3, -0.25) is 4.90 Å². The number of hydrogen-bond acceptors (Lipinski definition) is 3. The summed E-state index contributed by atoms with van der Waals surface area (Å²) in [5.74, 6) is 2.03. The fourth-order valence-corrected chi connectivity index (χ4v) is 4.92. The van der Waals surface area contributed by atoms with Gasteiger partial charge in [0.05, 0.1) is 6.07 Å². The van der Waals surface area contributed by atoms with Crippen LogP contribution in [0.2, 0.25) is 0 Å². The van der Waals surface area contributed by atoms with Crippen LogP contribution in [0, 0.1) is 23.2 Å². The predicted octanol–water partition coefficient (Wildman–Crippen LogP) is 2.90. The van der Waals surface area contributed by atoms with Crippen molar-refractivity contribution in [3.63, 3.8) is 0 Å². The first-order valence-corrected chi connectivity index (χ1v) is 8.19. The molecular formula is C14H22N2S. The van der Waals surface area contributed by atoms with Gasteiger partial charge in [0, 0.05) is 19.1 Å². The monoisotopic (exact) mass is 250 g/mol. The van der Waals surface area contributed by atoms with E-state index in [1.807, 2.05) is 0 Å². The summed E-state index contributed by atoms with van der Waals surface area (Å²) in [5.41, 5.74) is 0. The number of piperidine rings is 1. The fraction of sp³-hybridized carbons (Fsp3) is 0.929. The van der Waals surface area contributed by atoms with Crippen LogP contribution in [-0.2, 0) is 0 Å². The van der Waals surface area contributed by atoms with E-state index in [4.69, 9.17) is 0 Å². The molecule has 3 unspecified atom stereocenters. The lowest BCUT2D eigenvalue weighted by atomic mass is 9.90. The molecule has 0 spiro atoms. The lowest BCUT2D eigenvalue weighted by Gasteiger charge is -2.42. The summed E-state index contributed by atoms with van der Waals surface area (Å²) in [6.45, 7) is 2.31. The molecule has 0 aromatic rings. The summed E-state index contributed by atoms with van der Waals surface area (Å²) in [5, 5.41) is 9.31. The van der Waals surface area contributed by atoms with Crippen molar-refractivity contribution in [1.29, 1.82) is 5.26 Å². The summed E-state index contributed by atoms with van der Waals surface area (Å²) in [6, 6.07) is 3.42. The van der Waals surface area contributed by atoms with Crippen molar-refractivity contribution < 1.29 is 0 Å². The maximum Gasteiger partial charge on any atom is 0.104 e. The van der Waals surface area contributed by atoms with Crippen molar-refractivity contribution in [1.82, 2.24) is 4.90 Å². The van der Waals surface area contributed by atoms with Gasteiger partial charge in [0.2, 0.25) is 0 Å². The summed E-state index contributed by atoms with van der Waals surface area (Å²) >= 11 is 1.77. The minimum Gasteiger partial charge on any atom is -0.300 e. The van der Waals surface area contributed by atoms with Crippen LogP contribution in [0.4, 0.5) is 0 Å². The van der Waals surface area contributed by atoms with Crippen LogP contribution < -0.4 is 0 Å². The van der Waals surface area contributed by atoms with Crippen LogP contribution in [0.1, 0.15) is 38.5 Å². The average molecular weight is 250 g/mol. The topological polar surface area (TPSA) is 27.0 Å². The Balaban J connectivity index is 1.61. The molecule has 2 bridgehead atoms. The molecule has 2 nitrogen and oxygen atoms in total. The molecule has 17 heavy (non-hydrogen) atoms. The maximum atomic E-state index is 9.31. The van der Waals surface area contributed by atoms with E-state index >= 15 is 0 Å². The van der Waals surface area contributed by atoms with Gasteiger partial charge in [-0.1, -0.05) is 6.42 Å². The third-order valence-corrected chi connectivity index (χ3v) is 6.65. The number of hydrogen-bond donors (Lipinski definition) is 0. The predicted molar refractivity (Wildman–Crippen MR) is 71.9 cm³/mol. The molecule has 3 fully saturated rings. The van der Waals surface area contributed by atoms with E-state index in [-0.39, 0.29) is 4.75 Å². The molecule has 0 N–H and O–H groups in total. The van der Waals surface area contributed by atoms with E-state index in [0.717, 1.165) is 43.8 Å². The third kappa shape index (κ3) is 2.00. The Hall–Kier alpha value is -0.200. The van der Waals surface area contributed by atoms with Crippen LogP contribution in [0.3, 0.4) is 0 Å². The van der Waals surface area contributed by atoms with E-state index in [1.54, 1.807) is 11.8 Å². The Morgan fingerprint density at radius 1 is 1.24 bits per heavy atom. The highest BCUT2D eigenvalue weighted by molar-refractivity contribution is 8.00. The highest BCUT2D eigenvalue weighted by Crippen LogP contribution is 2.48. The summed E-state index contributed by atoms with van der Waals surface area (Å²) in [4.78, 5) is 2.70. The van der Waals surface area contributed by atoms with E-state index in [0.29, 0.717) is 0 Å². The van der Waals surface area contributed by atoms with Crippen LogP contribution in [0.15, 0.2) is 0 Å². The molecule has 2 aliphatic carbocycles. The molecule has 1 saturated heterocycles. The Bertz CT molecular complexity index is 328. The van der Waals surface area contributed by atoms with Crippen molar-refractivity contribution in [2.24, 2.45) is 11.8 Å². The maximum absolute atomic E-state index is 9.31. The number of rotatable bonds is 2. The Morgan fingerprint density at radius 3 is 2.47 bits per heavy atom. The number of nitriles is 1. The number of thioether (sulfide) groups is 1. The number of fused-ring (bicyclic) bond motifs is 2. The molecule has 0 radical (unpaired) electrons. The SMILES string of the molecule is CSC1(C#N)CCN(C2CC3CCC2C3)CC1. The van der Waals surface area contributed by atoms with Gasteiger partial charge < -0.3 is 0 Å². The largest absolute Gasteiger partial charge is 0.300 e. The Labute approximate surface area is 109 Å². The standard InChI is InChI=1S/C14H22N2S/c1-17-14(10-15)4-6-16(7-5-14)13-9-11-2-3-12(13)8-11/h11-13H,2-9H2,1H3. The summed E-state index contributed by atoms with van der Waals surface area (Å²) < 4.78 is -0.0753. The molecule has 2 saturated carbocycles. The lowest BCUT2D eigenvalue weighted by molar-refractivity contribution is 0.113. The number of likely N-dealkylation sites (tertiary alicyclic amines) is 1. The fourth-order valence-electron chi connectivity index (χ4n) is 4.24. The van der Waals surface area contributed by atoms with E-state index in [1.165, 1.54) is 25.7 Å². The molecule has 1 aliphatic heterocycles. The molecule has 0 amide bonds. The first-order chi connectivity index (χ1) is 8.26. The summed E-state index contributed by atoms with van der Waals surface area (Å²) in [7, 11) is 0. The van der Waals surface area contributed by atoms with Gasteiger partial charge in [0.1, 0.15) is 4.75 Å². The second-order valence-electron chi connectivity index (χ2n) is 6.09. The van der Waals surface area contributed by atoms with Crippen molar-refractivity contribution in [3.8, 4) is 6.07 Å². The van der Waals surface area contributed by atoms with Crippen molar-refractivity contribution in [2.45, 2.75) is 49.3 Å². The number of nitrogens with zero attached hydrogens (tertiary/aromatic N) is 2. The Morgan fingerprint density at radius 2 is 2.00 bits per heavy atom. The highest BCUT2D eigenvalue weighted by Gasteiger charge is 2.44. The van der Waals surface area contributed by atoms with Crippen molar-refractivity contribution in [3.05, 3.63) is 0 Å². The van der Waals surface area contributed by atoms with E-state index in [9.17, 15) is 5.26 Å². The first-order valence-electron chi connectivity index (χ1n) is 6.97. The minimum absolute atomic E-state index is 0.0753. The van der Waals surface area contributed by atoms with Gasteiger partial charge in [0.25, 0.3) is 0 Å². The van der Waals surface area contributed by atoms with Gasteiger partial charge in [-0.15, -0.1) is 11.8 Å². The average Bonchev–Trinajstić information content (AvgIpc) is 3.01. The second kappa shape index (κ2) is 4.48. The molecule has 3 atom stereocenters. The van der Waals surface area contributed by atoms with E-state index in [2.05, 4.69) is 17.2 Å². The molecule has 94 valence electrons. The second-order valence-corrected chi connectivity index (χ2v) is 7.28. The van der Waals surface area contributed by atoms with E-state index < -0.39 is 0 Å². The molecule has 3 aliphatic rings. The lowest BCUT2D eigenvalue weighted by Crippen LogP contribution is -2.48. The van der Waals surface area contributed by atoms with Gasteiger partial charge in [0.15, 0.2) is 0 Å². The zero-order chi connectivity index (χ0) is 11.9. The smallest absolute Gasteiger partial charge is 0.104 e. The third-order valence-electron chi connectivity index (χ3n) is 5.37. The van der Waals surface area contributed by atoms with Crippen molar-refractivity contribution in [2.75, 3.05) is 19.3 Å². The van der Waals surface area contributed by atoms with Gasteiger partial charge >= 0.3 is 0 Å². The first kappa shape index (κ1) is 11.9. The zero-order valence-electron chi connectivity index (χ0n) is 10.7. The molecule has 0 aromatic carbocycles. The highest BCUT2D eigenvalue weighted by atomic mass is 32.2. The molecule has 0 aromatic heterocycles. The molecule has 1 heterocycles. The van der Waals surface area contributed by atoms with Gasteiger partial charge in [-0.05, 0) is 50.2 Å². The normalized spacial score (nSPS) is 40.4. The minimum atomic E-state index is -0.0753. The summed E-state index contributed by atoms with van der Waals surface area (Å²) in [6.07, 6.45) is 10.1. The molecular weight excluding hydrogens is 228 g/mol. The zero-order valence-corrected chi connectivity index (χ0v) is 11.5. The van der Waals surface area contributed by atoms with Crippen LogP contribution in [-0.4, -0.2) is 35.0 Å². The van der Waals surface area contributed by atoms with Crippen LogP contribution in [0.5, 0.6) is 0 Å². The molecule has 3 heteroatoms. The molecule has 3 rings (SSSR count). The Kier molecular flexibility index (Phi) is 3.13.